The number of carbonyl (C=O) groups is 1. The SMILES string of the molecule is O=C(Cl)c1ccc(OC(F)F)c2oc3c(c12)CCCC3. The van der Waals surface area contributed by atoms with Gasteiger partial charge in [-0.25, -0.2) is 0 Å². The highest BCUT2D eigenvalue weighted by atomic mass is 35.5. The Balaban J connectivity index is 2.27. The number of halogens is 3. The van der Waals surface area contributed by atoms with E-state index in [9.17, 15) is 13.6 Å². The summed E-state index contributed by atoms with van der Waals surface area (Å²) in [4.78, 5) is 11.5. The first-order valence-corrected chi connectivity index (χ1v) is 6.67. The maximum absolute atomic E-state index is 12.4. The minimum atomic E-state index is -2.95. The summed E-state index contributed by atoms with van der Waals surface area (Å²) in [7, 11) is 0. The quantitative estimate of drug-likeness (QED) is 0.794. The van der Waals surface area contributed by atoms with Crippen LogP contribution >= 0.6 is 11.6 Å². The molecule has 6 heteroatoms. The summed E-state index contributed by atoms with van der Waals surface area (Å²) in [6.45, 7) is -2.95. The third-order valence-corrected chi connectivity index (χ3v) is 3.70. The van der Waals surface area contributed by atoms with E-state index in [1.54, 1.807) is 0 Å². The molecule has 1 heterocycles. The molecule has 1 aromatic carbocycles. The van der Waals surface area contributed by atoms with Gasteiger partial charge in [-0.05, 0) is 43.0 Å². The molecule has 3 nitrogen and oxygen atoms in total. The zero-order valence-electron chi connectivity index (χ0n) is 10.4. The van der Waals surface area contributed by atoms with Gasteiger partial charge in [-0.3, -0.25) is 4.79 Å². The molecule has 0 bridgehead atoms. The van der Waals surface area contributed by atoms with Gasteiger partial charge in [0.25, 0.3) is 5.24 Å². The number of fused-ring (bicyclic) bond motifs is 3. The topological polar surface area (TPSA) is 39.4 Å². The Morgan fingerprint density at radius 1 is 1.30 bits per heavy atom. The fraction of sp³-hybridized carbons (Fsp3) is 0.357. The smallest absolute Gasteiger partial charge is 0.387 e. The van der Waals surface area contributed by atoms with Gasteiger partial charge in [0, 0.05) is 22.9 Å². The Labute approximate surface area is 118 Å². The Kier molecular flexibility index (Phi) is 3.38. The molecule has 20 heavy (non-hydrogen) atoms. The molecule has 0 fully saturated rings. The number of alkyl halides is 2. The van der Waals surface area contributed by atoms with E-state index in [2.05, 4.69) is 4.74 Å². The summed E-state index contributed by atoms with van der Waals surface area (Å²) in [5.41, 5.74) is 1.34. The lowest BCUT2D eigenvalue weighted by atomic mass is 9.94. The first kappa shape index (κ1) is 13.4. The van der Waals surface area contributed by atoms with Crippen LogP contribution in [-0.4, -0.2) is 11.9 Å². The van der Waals surface area contributed by atoms with E-state index in [0.29, 0.717) is 5.39 Å². The van der Waals surface area contributed by atoms with Crippen molar-refractivity contribution in [1.29, 1.82) is 0 Å². The summed E-state index contributed by atoms with van der Waals surface area (Å²) in [6.07, 6.45) is 3.42. The zero-order valence-corrected chi connectivity index (χ0v) is 11.2. The van der Waals surface area contributed by atoms with Crippen molar-refractivity contribution >= 4 is 27.8 Å². The van der Waals surface area contributed by atoms with Crippen LogP contribution in [0.5, 0.6) is 5.75 Å². The van der Waals surface area contributed by atoms with Crippen LogP contribution in [0.15, 0.2) is 16.5 Å². The van der Waals surface area contributed by atoms with Gasteiger partial charge in [0.1, 0.15) is 5.76 Å². The van der Waals surface area contributed by atoms with E-state index in [-0.39, 0.29) is 16.9 Å². The summed E-state index contributed by atoms with van der Waals surface area (Å²) >= 11 is 5.57. The molecule has 0 N–H and O–H groups in total. The van der Waals surface area contributed by atoms with Crippen LogP contribution in [-0.2, 0) is 12.8 Å². The average Bonchev–Trinajstić information content (AvgIpc) is 2.78. The number of carbonyl (C=O) groups excluding carboxylic acids is 1. The molecular weight excluding hydrogens is 290 g/mol. The first-order chi connectivity index (χ1) is 9.58. The highest BCUT2D eigenvalue weighted by Gasteiger charge is 2.25. The predicted molar refractivity (Wildman–Crippen MR) is 69.7 cm³/mol. The van der Waals surface area contributed by atoms with Gasteiger partial charge in [-0.15, -0.1) is 0 Å². The van der Waals surface area contributed by atoms with Crippen molar-refractivity contribution in [3.8, 4) is 5.75 Å². The van der Waals surface area contributed by atoms with Gasteiger partial charge in [0.05, 0.1) is 0 Å². The molecule has 1 aliphatic carbocycles. The molecule has 0 radical (unpaired) electrons. The van der Waals surface area contributed by atoms with Crippen molar-refractivity contribution in [1.82, 2.24) is 0 Å². The molecule has 0 saturated carbocycles. The summed E-state index contributed by atoms with van der Waals surface area (Å²) in [5, 5.41) is -0.120. The normalized spacial score (nSPS) is 14.6. The van der Waals surface area contributed by atoms with Crippen molar-refractivity contribution in [2.24, 2.45) is 0 Å². The Hall–Kier alpha value is -1.62. The third-order valence-electron chi connectivity index (χ3n) is 3.49. The summed E-state index contributed by atoms with van der Waals surface area (Å²) in [5.74, 6) is 0.668. The molecule has 0 saturated heterocycles. The van der Waals surface area contributed by atoms with Crippen molar-refractivity contribution < 1.29 is 22.7 Å². The molecule has 106 valence electrons. The molecule has 0 amide bonds. The van der Waals surface area contributed by atoms with E-state index in [4.69, 9.17) is 16.0 Å². The monoisotopic (exact) mass is 300 g/mol. The second kappa shape index (κ2) is 5.05. The fourth-order valence-corrected chi connectivity index (χ4v) is 2.85. The van der Waals surface area contributed by atoms with Crippen molar-refractivity contribution in [3.05, 3.63) is 29.0 Å². The van der Waals surface area contributed by atoms with Crippen LogP contribution in [0.3, 0.4) is 0 Å². The van der Waals surface area contributed by atoms with Gasteiger partial charge in [-0.2, -0.15) is 8.78 Å². The van der Waals surface area contributed by atoms with E-state index in [1.165, 1.54) is 12.1 Å². The minimum Gasteiger partial charge on any atom is -0.457 e. The maximum atomic E-state index is 12.4. The van der Waals surface area contributed by atoms with Gasteiger partial charge in [0.2, 0.25) is 0 Å². The van der Waals surface area contributed by atoms with Crippen LogP contribution in [0.25, 0.3) is 11.0 Å². The standard InChI is InChI=1S/C14H11ClF2O3/c15-13(18)8-5-6-10(20-14(16)17)12-11(8)7-3-1-2-4-9(7)19-12/h5-6,14H,1-4H2. The lowest BCUT2D eigenvalue weighted by Crippen LogP contribution is -2.03. The maximum Gasteiger partial charge on any atom is 0.387 e. The molecule has 0 spiro atoms. The molecule has 1 aromatic heterocycles. The molecule has 1 aliphatic rings. The molecule has 3 rings (SSSR count). The third kappa shape index (κ3) is 2.16. The average molecular weight is 301 g/mol. The lowest BCUT2D eigenvalue weighted by molar-refractivity contribution is -0.0494. The van der Waals surface area contributed by atoms with Crippen LogP contribution in [0, 0.1) is 0 Å². The van der Waals surface area contributed by atoms with E-state index in [0.717, 1.165) is 37.0 Å². The van der Waals surface area contributed by atoms with Crippen molar-refractivity contribution in [3.63, 3.8) is 0 Å². The van der Waals surface area contributed by atoms with E-state index in [1.807, 2.05) is 0 Å². The van der Waals surface area contributed by atoms with Gasteiger partial charge in [0.15, 0.2) is 11.3 Å². The number of ether oxygens (including phenoxy) is 1. The second-order valence-corrected chi connectivity index (χ2v) is 5.02. The molecular formula is C14H11ClF2O3. The molecule has 2 aromatic rings. The van der Waals surface area contributed by atoms with Crippen LogP contribution in [0.4, 0.5) is 8.78 Å². The minimum absolute atomic E-state index is 0.0638. The van der Waals surface area contributed by atoms with Gasteiger partial charge in [-0.1, -0.05) is 0 Å². The van der Waals surface area contributed by atoms with Gasteiger partial charge < -0.3 is 9.15 Å². The van der Waals surface area contributed by atoms with Gasteiger partial charge >= 0.3 is 6.61 Å². The fourth-order valence-electron chi connectivity index (χ4n) is 2.69. The zero-order chi connectivity index (χ0) is 14.3. The van der Waals surface area contributed by atoms with Crippen LogP contribution in [0.1, 0.15) is 34.5 Å². The van der Waals surface area contributed by atoms with Crippen LogP contribution < -0.4 is 4.74 Å². The Bertz CT molecular complexity index is 679. The molecule has 0 atom stereocenters. The van der Waals surface area contributed by atoms with Crippen molar-refractivity contribution in [2.45, 2.75) is 32.3 Å². The number of hydrogen-bond acceptors (Lipinski definition) is 3. The number of hydrogen-bond donors (Lipinski definition) is 0. The number of benzene rings is 1. The number of aryl methyl sites for hydroxylation is 2. The van der Waals surface area contributed by atoms with E-state index >= 15 is 0 Å². The molecule has 0 aliphatic heterocycles. The second-order valence-electron chi connectivity index (χ2n) is 4.68. The number of furan rings is 1. The Morgan fingerprint density at radius 3 is 2.75 bits per heavy atom. The van der Waals surface area contributed by atoms with Crippen molar-refractivity contribution in [2.75, 3.05) is 0 Å². The highest BCUT2D eigenvalue weighted by Crippen LogP contribution is 2.39. The summed E-state index contributed by atoms with van der Waals surface area (Å²) < 4.78 is 35.0. The van der Waals surface area contributed by atoms with E-state index < -0.39 is 11.9 Å². The lowest BCUT2D eigenvalue weighted by Gasteiger charge is -2.09. The molecule has 0 unspecified atom stereocenters. The Morgan fingerprint density at radius 2 is 2.05 bits per heavy atom. The van der Waals surface area contributed by atoms with Crippen LogP contribution in [0.2, 0.25) is 0 Å². The largest absolute Gasteiger partial charge is 0.457 e. The highest BCUT2D eigenvalue weighted by molar-refractivity contribution is 6.68. The summed E-state index contributed by atoms with van der Waals surface area (Å²) in [6, 6.07) is 2.69. The predicted octanol–water partition coefficient (Wildman–Crippen LogP) is 4.29. The first-order valence-electron chi connectivity index (χ1n) is 6.30. The number of rotatable bonds is 3.